The Morgan fingerprint density at radius 3 is 2.30 bits per heavy atom. The molecule has 0 atom stereocenters. The molecule has 0 aromatic heterocycles. The highest BCUT2D eigenvalue weighted by Gasteiger charge is 2.05. The van der Waals surface area contributed by atoms with Gasteiger partial charge < -0.3 is 4.74 Å². The Hall–Kier alpha value is -1.26. The summed E-state index contributed by atoms with van der Waals surface area (Å²) in [5.74, 6) is 0.864. The first-order valence-corrected chi connectivity index (χ1v) is 7.74. The zero-order valence-electron chi connectivity index (χ0n) is 10.6. The predicted molar refractivity (Wildman–Crippen MR) is 92.4 cm³/mol. The van der Waals surface area contributed by atoms with E-state index in [1.165, 1.54) is 3.57 Å². The van der Waals surface area contributed by atoms with Crippen LogP contribution in [0.3, 0.4) is 0 Å². The van der Waals surface area contributed by atoms with E-state index < -0.39 is 0 Å². The Bertz CT molecular complexity index is 738. The van der Waals surface area contributed by atoms with Gasteiger partial charge in [-0.05, 0) is 52.4 Å². The van der Waals surface area contributed by atoms with Crippen molar-refractivity contribution in [1.29, 1.82) is 0 Å². The van der Waals surface area contributed by atoms with Crippen LogP contribution < -0.4 is 4.74 Å². The van der Waals surface area contributed by atoms with E-state index in [0.29, 0.717) is 6.61 Å². The smallest absolute Gasteiger partial charge is 0.127 e. The third-order valence-electron chi connectivity index (χ3n) is 3.14. The van der Waals surface area contributed by atoms with Gasteiger partial charge in [0.25, 0.3) is 0 Å². The molecule has 0 heterocycles. The number of hydrogen-bond acceptors (Lipinski definition) is 1. The summed E-state index contributed by atoms with van der Waals surface area (Å²) < 4.78 is 7.16. The van der Waals surface area contributed by atoms with Crippen molar-refractivity contribution in [2.24, 2.45) is 0 Å². The van der Waals surface area contributed by atoms with Gasteiger partial charge in [0.15, 0.2) is 0 Å². The average Bonchev–Trinajstić information content (AvgIpc) is 2.49. The minimum atomic E-state index is 0.558. The summed E-state index contributed by atoms with van der Waals surface area (Å²) in [6.07, 6.45) is 0. The topological polar surface area (TPSA) is 9.23 Å². The van der Waals surface area contributed by atoms with Crippen LogP contribution in [0, 0.1) is 3.57 Å². The predicted octanol–water partition coefficient (Wildman–Crippen LogP) is 5.68. The van der Waals surface area contributed by atoms with Crippen LogP contribution in [-0.2, 0) is 6.61 Å². The van der Waals surface area contributed by atoms with E-state index in [-0.39, 0.29) is 0 Å². The molecule has 0 spiro atoms. The lowest BCUT2D eigenvalue weighted by Gasteiger charge is -2.10. The maximum atomic E-state index is 6.21. The summed E-state index contributed by atoms with van der Waals surface area (Å²) in [7, 11) is 0. The van der Waals surface area contributed by atoms with Gasteiger partial charge in [0.05, 0.1) is 0 Å². The second-order valence-corrected chi connectivity index (χ2v) is 6.16. The lowest BCUT2D eigenvalue weighted by atomic mass is 10.1. The van der Waals surface area contributed by atoms with Gasteiger partial charge in [-0.25, -0.2) is 0 Å². The van der Waals surface area contributed by atoms with Crippen LogP contribution in [-0.4, -0.2) is 0 Å². The summed E-state index contributed by atoms with van der Waals surface area (Å²) >= 11 is 8.50. The van der Waals surface area contributed by atoms with E-state index in [2.05, 4.69) is 46.9 Å². The summed E-state index contributed by atoms with van der Waals surface area (Å²) in [6.45, 7) is 0.558. The van der Waals surface area contributed by atoms with Crippen LogP contribution >= 0.6 is 34.2 Å². The lowest BCUT2D eigenvalue weighted by molar-refractivity contribution is 0.310. The molecule has 0 aliphatic rings. The first-order chi connectivity index (χ1) is 9.74. The summed E-state index contributed by atoms with van der Waals surface area (Å²) in [5, 5.41) is 2.82. The quantitative estimate of drug-likeness (QED) is 0.520. The van der Waals surface area contributed by atoms with Crippen molar-refractivity contribution < 1.29 is 4.74 Å². The highest BCUT2D eigenvalue weighted by molar-refractivity contribution is 14.1. The number of hydrogen-bond donors (Lipinski definition) is 0. The van der Waals surface area contributed by atoms with Crippen LogP contribution in [0.4, 0.5) is 0 Å². The number of benzene rings is 3. The van der Waals surface area contributed by atoms with Gasteiger partial charge in [-0.2, -0.15) is 0 Å². The molecular weight excluding hydrogens is 383 g/mol. The van der Waals surface area contributed by atoms with Crippen LogP contribution in [0.2, 0.25) is 5.02 Å². The summed E-state index contributed by atoms with van der Waals surface area (Å²) in [5.41, 5.74) is 1.16. The number of ether oxygens (including phenoxy) is 1. The third kappa shape index (κ3) is 2.91. The molecule has 0 saturated heterocycles. The van der Waals surface area contributed by atoms with Gasteiger partial charge in [0.2, 0.25) is 0 Å². The van der Waals surface area contributed by atoms with Gasteiger partial charge in [0.1, 0.15) is 12.4 Å². The zero-order valence-corrected chi connectivity index (χ0v) is 13.6. The Labute approximate surface area is 136 Å². The number of halogens is 2. The normalized spacial score (nSPS) is 10.7. The number of fused-ring (bicyclic) bond motifs is 1. The number of rotatable bonds is 3. The molecule has 0 amide bonds. The molecule has 3 heteroatoms. The first kappa shape index (κ1) is 13.7. The van der Waals surface area contributed by atoms with E-state index in [1.807, 2.05) is 36.4 Å². The Morgan fingerprint density at radius 2 is 1.55 bits per heavy atom. The Balaban J connectivity index is 1.88. The van der Waals surface area contributed by atoms with Crippen molar-refractivity contribution in [2.45, 2.75) is 6.61 Å². The van der Waals surface area contributed by atoms with Crippen molar-refractivity contribution in [3.05, 3.63) is 74.8 Å². The maximum Gasteiger partial charge on any atom is 0.127 e. The van der Waals surface area contributed by atoms with E-state index in [0.717, 1.165) is 27.1 Å². The van der Waals surface area contributed by atoms with Crippen molar-refractivity contribution in [3.8, 4) is 5.75 Å². The molecule has 100 valence electrons. The maximum absolute atomic E-state index is 6.21. The molecule has 0 saturated carbocycles. The van der Waals surface area contributed by atoms with E-state index in [4.69, 9.17) is 16.3 Å². The third-order valence-corrected chi connectivity index (χ3v) is 4.19. The molecule has 0 aliphatic heterocycles. The molecule has 0 unspecified atom stereocenters. The standard InChI is InChI=1S/C17H12ClIO/c18-16-9-10-17(15-4-2-1-3-14(15)16)20-11-12-5-7-13(19)8-6-12/h1-10H,11H2. The van der Waals surface area contributed by atoms with E-state index in [9.17, 15) is 0 Å². The van der Waals surface area contributed by atoms with Gasteiger partial charge in [-0.1, -0.05) is 48.0 Å². The fourth-order valence-electron chi connectivity index (χ4n) is 2.10. The van der Waals surface area contributed by atoms with Gasteiger partial charge in [-0.3, -0.25) is 0 Å². The highest BCUT2D eigenvalue weighted by atomic mass is 127. The largest absolute Gasteiger partial charge is 0.488 e. The Kier molecular flexibility index (Phi) is 4.13. The molecule has 20 heavy (non-hydrogen) atoms. The van der Waals surface area contributed by atoms with Gasteiger partial charge in [0, 0.05) is 19.4 Å². The van der Waals surface area contributed by atoms with Gasteiger partial charge >= 0.3 is 0 Å². The molecule has 0 N–H and O–H groups in total. The van der Waals surface area contributed by atoms with E-state index in [1.54, 1.807) is 0 Å². The molecule has 0 bridgehead atoms. The minimum Gasteiger partial charge on any atom is -0.488 e. The lowest BCUT2D eigenvalue weighted by Crippen LogP contribution is -1.96. The highest BCUT2D eigenvalue weighted by Crippen LogP contribution is 2.31. The van der Waals surface area contributed by atoms with Gasteiger partial charge in [-0.15, -0.1) is 0 Å². The SMILES string of the molecule is Clc1ccc(OCc2ccc(I)cc2)c2ccccc12. The molecule has 3 rings (SSSR count). The molecule has 0 fully saturated rings. The molecule has 1 nitrogen and oxygen atoms in total. The van der Waals surface area contributed by atoms with Crippen LogP contribution in [0.15, 0.2) is 60.7 Å². The Morgan fingerprint density at radius 1 is 0.850 bits per heavy atom. The van der Waals surface area contributed by atoms with Crippen LogP contribution in [0.1, 0.15) is 5.56 Å². The summed E-state index contributed by atoms with van der Waals surface area (Å²) in [4.78, 5) is 0. The monoisotopic (exact) mass is 394 g/mol. The zero-order chi connectivity index (χ0) is 13.9. The second-order valence-electron chi connectivity index (χ2n) is 4.51. The second kappa shape index (κ2) is 6.02. The fraction of sp³-hybridized carbons (Fsp3) is 0.0588. The molecule has 3 aromatic rings. The van der Waals surface area contributed by atoms with Crippen LogP contribution in [0.25, 0.3) is 10.8 Å². The molecule has 3 aromatic carbocycles. The van der Waals surface area contributed by atoms with Crippen molar-refractivity contribution >= 4 is 45.0 Å². The minimum absolute atomic E-state index is 0.558. The fourth-order valence-corrected chi connectivity index (χ4v) is 2.69. The molecular formula is C17H12ClIO. The molecule has 0 aliphatic carbocycles. The van der Waals surface area contributed by atoms with Crippen molar-refractivity contribution in [2.75, 3.05) is 0 Å². The summed E-state index contributed by atoms with van der Waals surface area (Å²) in [6, 6.07) is 20.2. The average molecular weight is 395 g/mol. The van der Waals surface area contributed by atoms with Crippen molar-refractivity contribution in [3.63, 3.8) is 0 Å². The van der Waals surface area contributed by atoms with Crippen molar-refractivity contribution in [1.82, 2.24) is 0 Å². The van der Waals surface area contributed by atoms with Crippen LogP contribution in [0.5, 0.6) is 5.75 Å². The molecule has 0 radical (unpaired) electrons. The van der Waals surface area contributed by atoms with E-state index >= 15 is 0 Å². The first-order valence-electron chi connectivity index (χ1n) is 6.28.